The number of benzene rings is 2. The van der Waals surface area contributed by atoms with E-state index in [0.29, 0.717) is 32.9 Å². The molecule has 2 aliphatic carbocycles. The number of carbonyl (C=O) groups is 1. The fourth-order valence-corrected chi connectivity index (χ4v) is 6.14. The van der Waals surface area contributed by atoms with Crippen LogP contribution in [0, 0.1) is 17.6 Å². The van der Waals surface area contributed by atoms with Gasteiger partial charge in [0.15, 0.2) is 0 Å². The van der Waals surface area contributed by atoms with Crippen molar-refractivity contribution in [3.63, 3.8) is 0 Å². The standard InChI is InChI=1S/C29H21F6N7O/c30-14-4-13(5-15(31)7-14)6-21(25-18(9-36-11-38-25)16-2-1-3-20-24(16)39-12-37-20)40-22(43)10-42-27-23(26(41-42)28(32)33)17-8-19(17)29(27,34)35/h1-5,7,9,11-12,17,19,21,28H,6,8,10H2,(H,37,39)(H,40,43). The number of alkyl halides is 4. The highest BCUT2D eigenvalue weighted by Gasteiger charge is 2.67. The molecule has 5 aromatic rings. The topological polar surface area (TPSA) is 101 Å². The number of carbonyl (C=O) groups excluding carboxylic acids is 1. The molecule has 0 radical (unpaired) electrons. The van der Waals surface area contributed by atoms with E-state index in [1.54, 1.807) is 18.2 Å². The van der Waals surface area contributed by atoms with E-state index in [1.807, 2.05) is 0 Å². The second kappa shape index (κ2) is 9.92. The molecule has 0 spiro atoms. The molecule has 8 nitrogen and oxygen atoms in total. The first-order valence-corrected chi connectivity index (χ1v) is 13.4. The monoisotopic (exact) mass is 597 g/mol. The molecule has 2 aromatic carbocycles. The summed E-state index contributed by atoms with van der Waals surface area (Å²) in [4.78, 5) is 29.3. The van der Waals surface area contributed by atoms with Gasteiger partial charge >= 0.3 is 0 Å². The number of aromatic amines is 1. The number of H-pyrrole nitrogens is 1. The van der Waals surface area contributed by atoms with Crippen LogP contribution >= 0.6 is 0 Å². The van der Waals surface area contributed by atoms with E-state index in [-0.39, 0.29) is 29.7 Å². The Kier molecular flexibility index (Phi) is 6.25. The van der Waals surface area contributed by atoms with Crippen LogP contribution in [-0.2, 0) is 23.7 Å². The summed E-state index contributed by atoms with van der Waals surface area (Å²) in [5.41, 5.74) is 1.17. The van der Waals surface area contributed by atoms with Crippen LogP contribution in [0.4, 0.5) is 26.3 Å². The third kappa shape index (κ3) is 4.61. The molecular weight excluding hydrogens is 576 g/mol. The van der Waals surface area contributed by atoms with Crippen molar-refractivity contribution in [1.82, 2.24) is 35.0 Å². The van der Waals surface area contributed by atoms with E-state index in [2.05, 4.69) is 30.4 Å². The van der Waals surface area contributed by atoms with Gasteiger partial charge in [-0.25, -0.2) is 32.5 Å². The predicted octanol–water partition coefficient (Wildman–Crippen LogP) is 5.74. The SMILES string of the molecule is O=C(Cn1nc(C(F)F)c2c1C(F)(F)C1CC21)NC(Cc1cc(F)cc(F)c1)c1ncncc1-c1cccc2[nH]cnc12. The number of aromatic nitrogens is 6. The molecule has 220 valence electrons. The van der Waals surface area contributed by atoms with Gasteiger partial charge in [0.25, 0.3) is 12.3 Å². The molecule has 3 atom stereocenters. The molecule has 2 N–H and O–H groups in total. The smallest absolute Gasteiger partial charge is 0.293 e. The molecule has 0 aliphatic heterocycles. The van der Waals surface area contributed by atoms with E-state index >= 15 is 8.78 Å². The highest BCUT2D eigenvalue weighted by atomic mass is 19.3. The molecule has 1 amide bonds. The summed E-state index contributed by atoms with van der Waals surface area (Å²) in [6, 6.07) is 7.19. The van der Waals surface area contributed by atoms with E-state index in [1.165, 1.54) is 18.9 Å². The number of amides is 1. The number of nitrogens with zero attached hydrogens (tertiary/aromatic N) is 5. The van der Waals surface area contributed by atoms with Crippen LogP contribution in [0.2, 0.25) is 0 Å². The van der Waals surface area contributed by atoms with Gasteiger partial charge in [0.1, 0.15) is 35.9 Å². The maximum Gasteiger partial charge on any atom is 0.293 e. The molecule has 0 saturated heterocycles. The third-order valence-corrected chi connectivity index (χ3v) is 7.97. The number of nitrogens with one attached hydrogen (secondary N) is 2. The summed E-state index contributed by atoms with van der Waals surface area (Å²) in [5.74, 6) is -7.72. The Morgan fingerprint density at radius 1 is 1.09 bits per heavy atom. The van der Waals surface area contributed by atoms with Gasteiger partial charge in [-0.3, -0.25) is 9.48 Å². The van der Waals surface area contributed by atoms with Crippen molar-refractivity contribution >= 4 is 16.9 Å². The van der Waals surface area contributed by atoms with Gasteiger partial charge in [0.2, 0.25) is 5.91 Å². The Morgan fingerprint density at radius 3 is 2.65 bits per heavy atom. The number of fused-ring (bicyclic) bond motifs is 4. The van der Waals surface area contributed by atoms with E-state index < -0.39 is 65.7 Å². The molecular formula is C29H21F6N7O. The highest BCUT2D eigenvalue weighted by molar-refractivity contribution is 5.92. The van der Waals surface area contributed by atoms with Gasteiger partial charge in [-0.1, -0.05) is 12.1 Å². The number of para-hydroxylation sites is 1. The molecule has 1 saturated carbocycles. The third-order valence-electron chi connectivity index (χ3n) is 7.97. The summed E-state index contributed by atoms with van der Waals surface area (Å²) in [6.07, 6.45) is 1.08. The van der Waals surface area contributed by atoms with Crippen LogP contribution in [0.25, 0.3) is 22.2 Å². The van der Waals surface area contributed by atoms with Gasteiger partial charge < -0.3 is 10.3 Å². The molecule has 3 heterocycles. The lowest BCUT2D eigenvalue weighted by Gasteiger charge is -2.22. The molecule has 3 aromatic heterocycles. The number of imidazole rings is 1. The van der Waals surface area contributed by atoms with Crippen LogP contribution in [-0.4, -0.2) is 35.6 Å². The van der Waals surface area contributed by atoms with Gasteiger partial charge in [-0.05, 0) is 42.5 Å². The van der Waals surface area contributed by atoms with Crippen molar-refractivity contribution in [2.75, 3.05) is 0 Å². The van der Waals surface area contributed by atoms with E-state index in [0.717, 1.165) is 12.1 Å². The number of hydrogen-bond acceptors (Lipinski definition) is 5. The van der Waals surface area contributed by atoms with Gasteiger partial charge in [0.05, 0.1) is 29.1 Å². The molecule has 7 rings (SSSR count). The minimum absolute atomic E-state index is 0.0864. The van der Waals surface area contributed by atoms with Crippen molar-refractivity contribution in [3.05, 3.63) is 95.1 Å². The van der Waals surface area contributed by atoms with E-state index in [4.69, 9.17) is 0 Å². The summed E-state index contributed by atoms with van der Waals surface area (Å²) in [6.45, 7) is -0.784. The second-order valence-electron chi connectivity index (χ2n) is 10.7. The lowest BCUT2D eigenvalue weighted by Crippen LogP contribution is -2.35. The zero-order chi connectivity index (χ0) is 30.0. The zero-order valence-electron chi connectivity index (χ0n) is 22.0. The van der Waals surface area contributed by atoms with Gasteiger partial charge in [0, 0.05) is 34.9 Å². The lowest BCUT2D eigenvalue weighted by molar-refractivity contribution is -0.123. The zero-order valence-corrected chi connectivity index (χ0v) is 22.0. The first kappa shape index (κ1) is 27.1. The Bertz CT molecular complexity index is 1870. The van der Waals surface area contributed by atoms with Crippen LogP contribution in [0.1, 0.15) is 53.0 Å². The molecule has 14 heteroatoms. The maximum absolute atomic E-state index is 15.1. The van der Waals surface area contributed by atoms with Crippen molar-refractivity contribution in [2.45, 2.75) is 43.7 Å². The first-order chi connectivity index (χ1) is 20.6. The Morgan fingerprint density at radius 2 is 1.88 bits per heavy atom. The van der Waals surface area contributed by atoms with Gasteiger partial charge in [-0.2, -0.15) is 13.9 Å². The highest BCUT2D eigenvalue weighted by Crippen LogP contribution is 2.68. The van der Waals surface area contributed by atoms with Crippen LogP contribution in [0.3, 0.4) is 0 Å². The molecule has 0 bridgehead atoms. The minimum atomic E-state index is -3.40. The number of hydrogen-bond donors (Lipinski definition) is 2. The second-order valence-corrected chi connectivity index (χ2v) is 10.7. The minimum Gasteiger partial charge on any atom is -0.346 e. The summed E-state index contributed by atoms with van der Waals surface area (Å²) < 4.78 is 86.5. The maximum atomic E-state index is 15.1. The normalized spacial score (nSPS) is 19.0. The molecule has 43 heavy (non-hydrogen) atoms. The predicted molar refractivity (Wildman–Crippen MR) is 140 cm³/mol. The average molecular weight is 598 g/mol. The van der Waals surface area contributed by atoms with Crippen molar-refractivity contribution in [1.29, 1.82) is 0 Å². The Hall–Kier alpha value is -4.75. The summed E-state index contributed by atoms with van der Waals surface area (Å²) in [5, 5.41) is 6.42. The lowest BCUT2D eigenvalue weighted by atomic mass is 9.95. The van der Waals surface area contributed by atoms with Crippen LogP contribution in [0.15, 0.2) is 55.2 Å². The molecule has 3 unspecified atom stereocenters. The first-order valence-electron chi connectivity index (χ1n) is 13.4. The van der Waals surface area contributed by atoms with Crippen molar-refractivity contribution in [2.24, 2.45) is 5.92 Å². The largest absolute Gasteiger partial charge is 0.346 e. The van der Waals surface area contributed by atoms with Gasteiger partial charge in [-0.15, -0.1) is 0 Å². The van der Waals surface area contributed by atoms with Crippen LogP contribution < -0.4 is 5.32 Å². The molecule has 2 aliphatic rings. The Labute approximate surface area is 239 Å². The summed E-state index contributed by atoms with van der Waals surface area (Å²) in [7, 11) is 0. The Balaban J connectivity index is 1.26. The quantitative estimate of drug-likeness (QED) is 0.222. The van der Waals surface area contributed by atoms with Crippen molar-refractivity contribution in [3.8, 4) is 11.1 Å². The number of halogens is 6. The fourth-order valence-electron chi connectivity index (χ4n) is 6.14. The number of rotatable bonds is 8. The van der Waals surface area contributed by atoms with E-state index in [9.17, 15) is 22.4 Å². The molecule has 1 fully saturated rings. The van der Waals surface area contributed by atoms with Crippen molar-refractivity contribution < 1.29 is 31.1 Å². The summed E-state index contributed by atoms with van der Waals surface area (Å²) >= 11 is 0. The average Bonchev–Trinajstić information content (AvgIpc) is 3.34. The van der Waals surface area contributed by atoms with Crippen LogP contribution in [0.5, 0.6) is 0 Å². The fraction of sp³-hybridized carbons (Fsp3) is 0.276.